The van der Waals surface area contributed by atoms with Crippen molar-refractivity contribution in [2.45, 2.75) is 38.3 Å². The molecule has 0 atom stereocenters. The maximum Gasteiger partial charge on any atom is 0.180 e. The third-order valence-corrected chi connectivity index (χ3v) is 5.29. The standard InChI is InChI=1S/C26H27N3/c1-2-3-13-20-26(23-18-11-6-12-19-23)28-24(21-14-7-4-8-15-21)27-25(29-26)22-16-9-5-10-17-22/h4-12,14-19H,2-3,13,20H2,1H3,(H,27,28,29). The summed E-state index contributed by atoms with van der Waals surface area (Å²) in [6.07, 6.45) is 4.32. The molecule has 0 aliphatic carbocycles. The van der Waals surface area contributed by atoms with Gasteiger partial charge in [-0.15, -0.1) is 0 Å². The normalized spacial score (nSPS) is 15.2. The van der Waals surface area contributed by atoms with Gasteiger partial charge in [0, 0.05) is 16.7 Å². The zero-order valence-corrected chi connectivity index (χ0v) is 16.9. The number of nitrogens with one attached hydrogen (secondary N) is 1. The van der Waals surface area contributed by atoms with Gasteiger partial charge in [-0.3, -0.25) is 0 Å². The first-order valence-corrected chi connectivity index (χ1v) is 10.4. The van der Waals surface area contributed by atoms with Crippen LogP contribution in [0, 0.1) is 0 Å². The second-order valence-corrected chi connectivity index (χ2v) is 7.42. The molecule has 29 heavy (non-hydrogen) atoms. The number of nitrogens with zero attached hydrogens (tertiary/aromatic N) is 2. The molecular formula is C26H27N3. The summed E-state index contributed by atoms with van der Waals surface area (Å²) in [7, 11) is 0. The van der Waals surface area contributed by atoms with Crippen LogP contribution in [-0.2, 0) is 5.66 Å². The monoisotopic (exact) mass is 381 g/mol. The molecule has 3 nitrogen and oxygen atoms in total. The molecule has 0 aromatic heterocycles. The van der Waals surface area contributed by atoms with Crippen LogP contribution in [-0.4, -0.2) is 11.7 Å². The summed E-state index contributed by atoms with van der Waals surface area (Å²) < 4.78 is 0. The predicted molar refractivity (Wildman–Crippen MR) is 121 cm³/mol. The molecule has 0 spiro atoms. The lowest BCUT2D eigenvalue weighted by Crippen LogP contribution is -2.42. The minimum Gasteiger partial charge on any atom is -0.324 e. The molecule has 0 radical (unpaired) electrons. The van der Waals surface area contributed by atoms with Crippen molar-refractivity contribution in [3.63, 3.8) is 0 Å². The molecule has 3 aromatic carbocycles. The van der Waals surface area contributed by atoms with Gasteiger partial charge in [-0.25, -0.2) is 9.98 Å². The lowest BCUT2D eigenvalue weighted by molar-refractivity contribution is 0.405. The Morgan fingerprint density at radius 1 is 0.655 bits per heavy atom. The fourth-order valence-corrected chi connectivity index (χ4v) is 3.74. The van der Waals surface area contributed by atoms with Gasteiger partial charge < -0.3 is 5.32 Å². The molecule has 1 N–H and O–H groups in total. The van der Waals surface area contributed by atoms with Crippen molar-refractivity contribution in [3.8, 4) is 0 Å². The van der Waals surface area contributed by atoms with Gasteiger partial charge in [0.15, 0.2) is 5.66 Å². The molecule has 3 aromatic rings. The van der Waals surface area contributed by atoms with Gasteiger partial charge in [0.05, 0.1) is 0 Å². The summed E-state index contributed by atoms with van der Waals surface area (Å²) >= 11 is 0. The molecule has 0 saturated carbocycles. The molecule has 1 aliphatic heterocycles. The Hall–Kier alpha value is -3.20. The van der Waals surface area contributed by atoms with Crippen LogP contribution in [0.4, 0.5) is 0 Å². The highest BCUT2D eigenvalue weighted by molar-refractivity contribution is 6.16. The maximum atomic E-state index is 5.22. The van der Waals surface area contributed by atoms with Crippen LogP contribution in [0.15, 0.2) is 101 Å². The van der Waals surface area contributed by atoms with Crippen molar-refractivity contribution in [3.05, 3.63) is 108 Å². The summed E-state index contributed by atoms with van der Waals surface area (Å²) in [5.41, 5.74) is 2.68. The minimum absolute atomic E-state index is 0.613. The first-order chi connectivity index (χ1) is 14.3. The third kappa shape index (κ3) is 4.29. The van der Waals surface area contributed by atoms with Crippen LogP contribution in [0.25, 0.3) is 0 Å². The van der Waals surface area contributed by atoms with Crippen LogP contribution < -0.4 is 5.32 Å². The maximum absolute atomic E-state index is 5.22. The van der Waals surface area contributed by atoms with Crippen molar-refractivity contribution in [1.82, 2.24) is 5.32 Å². The van der Waals surface area contributed by atoms with E-state index >= 15 is 0 Å². The van der Waals surface area contributed by atoms with E-state index in [1.165, 1.54) is 12.8 Å². The lowest BCUT2D eigenvalue weighted by Gasteiger charge is -2.33. The summed E-state index contributed by atoms with van der Waals surface area (Å²) in [6, 6.07) is 31.2. The van der Waals surface area contributed by atoms with Crippen molar-refractivity contribution >= 4 is 11.7 Å². The van der Waals surface area contributed by atoms with Gasteiger partial charge >= 0.3 is 0 Å². The Kier molecular flexibility index (Phi) is 5.85. The summed E-state index contributed by atoms with van der Waals surface area (Å²) in [4.78, 5) is 10.4. The van der Waals surface area contributed by atoms with Crippen LogP contribution in [0.2, 0.25) is 0 Å². The zero-order valence-electron chi connectivity index (χ0n) is 16.9. The number of hydrogen-bond donors (Lipinski definition) is 1. The van der Waals surface area contributed by atoms with E-state index in [2.05, 4.69) is 85.0 Å². The number of rotatable bonds is 7. The molecular weight excluding hydrogens is 354 g/mol. The molecule has 0 unspecified atom stereocenters. The topological polar surface area (TPSA) is 36.8 Å². The van der Waals surface area contributed by atoms with Gasteiger partial charge in [0.2, 0.25) is 0 Å². The highest BCUT2D eigenvalue weighted by atomic mass is 15.2. The van der Waals surface area contributed by atoms with Gasteiger partial charge in [0.1, 0.15) is 11.7 Å². The van der Waals surface area contributed by atoms with E-state index in [9.17, 15) is 0 Å². The second kappa shape index (κ2) is 8.87. The average Bonchev–Trinajstić information content (AvgIpc) is 2.81. The van der Waals surface area contributed by atoms with Crippen LogP contribution in [0.3, 0.4) is 0 Å². The van der Waals surface area contributed by atoms with Crippen molar-refractivity contribution < 1.29 is 0 Å². The van der Waals surface area contributed by atoms with Crippen molar-refractivity contribution in [1.29, 1.82) is 0 Å². The summed E-state index contributed by atoms with van der Waals surface area (Å²) in [5.74, 6) is 1.75. The largest absolute Gasteiger partial charge is 0.324 e. The Balaban J connectivity index is 1.86. The van der Waals surface area contributed by atoms with Gasteiger partial charge in [-0.1, -0.05) is 111 Å². The van der Waals surface area contributed by atoms with Gasteiger partial charge in [-0.05, 0) is 12.8 Å². The average molecular weight is 382 g/mol. The van der Waals surface area contributed by atoms with Crippen molar-refractivity contribution in [2.24, 2.45) is 9.98 Å². The number of amidine groups is 2. The molecule has 1 heterocycles. The fraction of sp³-hybridized carbons (Fsp3) is 0.231. The predicted octanol–water partition coefficient (Wildman–Crippen LogP) is 5.92. The first-order valence-electron chi connectivity index (χ1n) is 10.4. The molecule has 4 rings (SSSR count). The number of benzene rings is 3. The van der Waals surface area contributed by atoms with E-state index < -0.39 is 5.66 Å². The highest BCUT2D eigenvalue weighted by Gasteiger charge is 2.35. The minimum atomic E-state index is -0.613. The van der Waals surface area contributed by atoms with Crippen LogP contribution in [0.5, 0.6) is 0 Å². The Bertz CT molecular complexity index is 921. The van der Waals surface area contributed by atoms with Crippen LogP contribution in [0.1, 0.15) is 49.3 Å². The van der Waals surface area contributed by atoms with E-state index in [1.54, 1.807) is 0 Å². The molecule has 1 aliphatic rings. The molecule has 0 fully saturated rings. The van der Waals surface area contributed by atoms with E-state index in [0.29, 0.717) is 0 Å². The second-order valence-electron chi connectivity index (χ2n) is 7.42. The van der Waals surface area contributed by atoms with E-state index in [4.69, 9.17) is 9.98 Å². The summed E-state index contributed by atoms with van der Waals surface area (Å²) in [6.45, 7) is 2.23. The van der Waals surface area contributed by atoms with Gasteiger partial charge in [-0.2, -0.15) is 0 Å². The van der Waals surface area contributed by atoms with Crippen molar-refractivity contribution in [2.75, 3.05) is 0 Å². The van der Waals surface area contributed by atoms with E-state index in [0.717, 1.165) is 41.2 Å². The number of aliphatic imine (C=N–C) groups is 2. The number of hydrogen-bond acceptors (Lipinski definition) is 3. The highest BCUT2D eigenvalue weighted by Crippen LogP contribution is 2.36. The molecule has 0 amide bonds. The van der Waals surface area contributed by atoms with Gasteiger partial charge in [0.25, 0.3) is 0 Å². The molecule has 0 bridgehead atoms. The van der Waals surface area contributed by atoms with E-state index in [1.807, 2.05) is 18.2 Å². The van der Waals surface area contributed by atoms with E-state index in [-0.39, 0.29) is 0 Å². The quantitative estimate of drug-likeness (QED) is 0.507. The van der Waals surface area contributed by atoms with Crippen LogP contribution >= 0.6 is 0 Å². The first kappa shape index (κ1) is 19.1. The molecule has 146 valence electrons. The third-order valence-electron chi connectivity index (χ3n) is 5.29. The Labute approximate surface area is 173 Å². The smallest absolute Gasteiger partial charge is 0.180 e. The fourth-order valence-electron chi connectivity index (χ4n) is 3.74. The summed E-state index contributed by atoms with van der Waals surface area (Å²) in [5, 5.41) is 3.50. The number of unbranched alkanes of at least 4 members (excludes halogenated alkanes) is 2. The Morgan fingerprint density at radius 3 is 1.62 bits per heavy atom. The zero-order chi connectivity index (χ0) is 19.9. The lowest BCUT2D eigenvalue weighted by atomic mass is 9.92. The molecule has 0 saturated heterocycles. The SMILES string of the molecule is CCCCCC1(c2ccccc2)N=C(c2ccccc2)NC(c2ccccc2)=N1. The Morgan fingerprint density at radius 2 is 1.14 bits per heavy atom. The molecule has 3 heteroatoms.